The summed E-state index contributed by atoms with van der Waals surface area (Å²) in [5.74, 6) is 2.89. The minimum atomic E-state index is -0.512. The summed E-state index contributed by atoms with van der Waals surface area (Å²) in [5.41, 5.74) is 5.42. The van der Waals surface area contributed by atoms with Gasteiger partial charge in [0.1, 0.15) is 11.4 Å². The molecule has 1 spiro atoms. The summed E-state index contributed by atoms with van der Waals surface area (Å²) < 4.78 is 5.39. The lowest BCUT2D eigenvalue weighted by molar-refractivity contribution is 0.0257. The van der Waals surface area contributed by atoms with Crippen LogP contribution < -0.4 is 5.73 Å². The first-order chi connectivity index (χ1) is 8.14. The number of hydrogen-bond acceptors (Lipinski definition) is 3. The smallest absolute Gasteiger partial charge is 0.346 e. The summed E-state index contributed by atoms with van der Waals surface area (Å²) >= 11 is 0. The highest BCUT2D eigenvalue weighted by molar-refractivity contribution is 6.06. The van der Waals surface area contributed by atoms with Crippen LogP contribution in [0.25, 0.3) is 0 Å². The molecule has 92 valence electrons. The summed E-state index contributed by atoms with van der Waals surface area (Å²) in [4.78, 5) is 17.2. The summed E-state index contributed by atoms with van der Waals surface area (Å²) in [6.45, 7) is 0.249. The van der Waals surface area contributed by atoms with Crippen molar-refractivity contribution in [3.63, 3.8) is 0 Å². The van der Waals surface area contributed by atoms with Crippen molar-refractivity contribution in [2.75, 3.05) is 13.7 Å². The van der Waals surface area contributed by atoms with Gasteiger partial charge in [0.2, 0.25) is 0 Å². The molecule has 0 aromatic carbocycles. The SMILES string of the molecule is C#CCN1C(=O)N=C(N)C12CCCC(OC)C2. The molecule has 17 heavy (non-hydrogen) atoms. The number of methoxy groups -OCH3 is 1. The molecule has 1 fully saturated rings. The van der Waals surface area contributed by atoms with Crippen molar-refractivity contribution in [1.29, 1.82) is 0 Å². The van der Waals surface area contributed by atoms with Crippen LogP contribution in [0.1, 0.15) is 25.7 Å². The predicted octanol–water partition coefficient (Wildman–Crippen LogP) is 0.740. The number of aliphatic imine (C=N–C) groups is 1. The lowest BCUT2D eigenvalue weighted by Gasteiger charge is -2.42. The Balaban J connectivity index is 2.29. The van der Waals surface area contributed by atoms with Gasteiger partial charge in [0.15, 0.2) is 0 Å². The second kappa shape index (κ2) is 4.38. The van der Waals surface area contributed by atoms with Crippen LogP contribution in [0.5, 0.6) is 0 Å². The first-order valence-corrected chi connectivity index (χ1v) is 5.76. The maximum Gasteiger partial charge on any atom is 0.346 e. The highest BCUT2D eigenvalue weighted by Crippen LogP contribution is 2.38. The molecule has 2 rings (SSSR count). The normalized spacial score (nSPS) is 32.7. The molecule has 2 atom stereocenters. The van der Waals surface area contributed by atoms with E-state index >= 15 is 0 Å². The Hall–Kier alpha value is -1.54. The fourth-order valence-corrected chi connectivity index (χ4v) is 2.78. The van der Waals surface area contributed by atoms with Crippen LogP contribution in [0.3, 0.4) is 0 Å². The lowest BCUT2D eigenvalue weighted by atomic mass is 9.78. The molecule has 0 aromatic rings. The van der Waals surface area contributed by atoms with E-state index in [4.69, 9.17) is 16.9 Å². The van der Waals surface area contributed by atoms with E-state index in [0.29, 0.717) is 12.3 Å². The zero-order valence-corrected chi connectivity index (χ0v) is 9.98. The van der Waals surface area contributed by atoms with E-state index in [1.165, 1.54) is 0 Å². The van der Waals surface area contributed by atoms with E-state index in [-0.39, 0.29) is 18.7 Å². The average Bonchev–Trinajstić information content (AvgIpc) is 2.54. The Morgan fingerprint density at radius 2 is 2.53 bits per heavy atom. The van der Waals surface area contributed by atoms with Crippen LogP contribution in [-0.2, 0) is 4.74 Å². The summed E-state index contributed by atoms with van der Waals surface area (Å²) in [6, 6.07) is -0.322. The molecule has 1 saturated carbocycles. The third kappa shape index (κ3) is 1.79. The minimum absolute atomic E-state index is 0.115. The number of terminal acetylenes is 1. The quantitative estimate of drug-likeness (QED) is 0.718. The number of hydrogen-bond donors (Lipinski definition) is 1. The molecular weight excluding hydrogens is 218 g/mol. The summed E-state index contributed by atoms with van der Waals surface area (Å²) in [5, 5.41) is 0. The molecular formula is C12H17N3O2. The summed E-state index contributed by atoms with van der Waals surface area (Å²) in [7, 11) is 1.68. The van der Waals surface area contributed by atoms with Gasteiger partial charge in [-0.3, -0.25) is 4.90 Å². The zero-order chi connectivity index (χ0) is 12.5. The molecule has 2 unspecified atom stereocenters. The van der Waals surface area contributed by atoms with Crippen molar-refractivity contribution in [3.05, 3.63) is 0 Å². The number of amides is 2. The number of nitrogens with zero attached hydrogens (tertiary/aromatic N) is 2. The topological polar surface area (TPSA) is 67.9 Å². The first-order valence-electron chi connectivity index (χ1n) is 5.76. The first kappa shape index (κ1) is 11.9. The molecule has 1 aliphatic heterocycles. The van der Waals surface area contributed by atoms with Gasteiger partial charge in [-0.25, -0.2) is 4.79 Å². The van der Waals surface area contributed by atoms with Crippen molar-refractivity contribution < 1.29 is 9.53 Å². The highest BCUT2D eigenvalue weighted by Gasteiger charge is 2.50. The monoisotopic (exact) mass is 235 g/mol. The number of ether oxygens (including phenoxy) is 1. The second-order valence-corrected chi connectivity index (χ2v) is 4.56. The number of urea groups is 1. The Morgan fingerprint density at radius 3 is 3.18 bits per heavy atom. The number of rotatable bonds is 2. The predicted molar refractivity (Wildman–Crippen MR) is 64.6 cm³/mol. The largest absolute Gasteiger partial charge is 0.385 e. The van der Waals surface area contributed by atoms with Crippen molar-refractivity contribution in [1.82, 2.24) is 4.90 Å². The van der Waals surface area contributed by atoms with Gasteiger partial charge in [0.05, 0.1) is 12.6 Å². The summed E-state index contributed by atoms with van der Waals surface area (Å²) in [6.07, 6.45) is 8.87. The zero-order valence-electron chi connectivity index (χ0n) is 9.98. The van der Waals surface area contributed by atoms with Crippen LogP contribution in [0.4, 0.5) is 4.79 Å². The number of nitrogens with two attached hydrogens (primary N) is 1. The van der Waals surface area contributed by atoms with Gasteiger partial charge in [-0.1, -0.05) is 5.92 Å². The second-order valence-electron chi connectivity index (χ2n) is 4.56. The van der Waals surface area contributed by atoms with Crippen molar-refractivity contribution >= 4 is 11.9 Å². The van der Waals surface area contributed by atoms with Gasteiger partial charge in [-0.15, -0.1) is 6.42 Å². The van der Waals surface area contributed by atoms with Gasteiger partial charge in [0.25, 0.3) is 0 Å². The van der Waals surface area contributed by atoms with E-state index in [2.05, 4.69) is 10.9 Å². The van der Waals surface area contributed by atoms with E-state index < -0.39 is 5.54 Å². The van der Waals surface area contributed by atoms with Gasteiger partial charge in [-0.2, -0.15) is 4.99 Å². The molecule has 0 saturated heterocycles. The van der Waals surface area contributed by atoms with Crippen molar-refractivity contribution in [2.24, 2.45) is 10.7 Å². The van der Waals surface area contributed by atoms with Gasteiger partial charge >= 0.3 is 6.03 Å². The van der Waals surface area contributed by atoms with Gasteiger partial charge in [-0.05, 0) is 19.3 Å². The number of amidine groups is 1. The standard InChI is InChI=1S/C12H17N3O2/c1-3-7-15-11(16)14-10(13)12(15)6-4-5-9(8-12)17-2/h1,9H,4-8H2,2H3,(H2,13,14,16). The van der Waals surface area contributed by atoms with Crippen LogP contribution >= 0.6 is 0 Å². The molecule has 0 radical (unpaired) electrons. The maximum absolute atomic E-state index is 11.8. The van der Waals surface area contributed by atoms with Crippen molar-refractivity contribution in [3.8, 4) is 12.3 Å². The highest BCUT2D eigenvalue weighted by atomic mass is 16.5. The molecule has 2 amide bonds. The van der Waals surface area contributed by atoms with E-state index in [0.717, 1.165) is 19.3 Å². The minimum Gasteiger partial charge on any atom is -0.385 e. The fourth-order valence-electron chi connectivity index (χ4n) is 2.78. The third-order valence-corrected chi connectivity index (χ3v) is 3.71. The Morgan fingerprint density at radius 1 is 1.76 bits per heavy atom. The third-order valence-electron chi connectivity index (χ3n) is 3.71. The van der Waals surface area contributed by atoms with Crippen LogP contribution in [0.15, 0.2) is 4.99 Å². The van der Waals surface area contributed by atoms with Crippen LogP contribution in [0, 0.1) is 12.3 Å². The molecule has 1 aliphatic carbocycles. The molecule has 0 bridgehead atoms. The fraction of sp³-hybridized carbons (Fsp3) is 0.667. The molecule has 5 nitrogen and oxygen atoms in total. The van der Waals surface area contributed by atoms with Crippen molar-refractivity contribution in [2.45, 2.75) is 37.3 Å². The van der Waals surface area contributed by atoms with Gasteiger partial charge < -0.3 is 10.5 Å². The van der Waals surface area contributed by atoms with E-state index in [1.807, 2.05) is 0 Å². The number of carbonyl (C=O) groups is 1. The van der Waals surface area contributed by atoms with Crippen LogP contribution in [0.2, 0.25) is 0 Å². The maximum atomic E-state index is 11.8. The number of carbonyl (C=O) groups excluding carboxylic acids is 1. The van der Waals surface area contributed by atoms with Gasteiger partial charge in [0, 0.05) is 13.5 Å². The lowest BCUT2D eigenvalue weighted by Crippen LogP contribution is -2.57. The molecule has 0 aromatic heterocycles. The Kier molecular flexibility index (Phi) is 3.07. The molecule has 2 aliphatic rings. The Labute approximate surface area is 101 Å². The van der Waals surface area contributed by atoms with E-state index in [9.17, 15) is 4.79 Å². The average molecular weight is 235 g/mol. The molecule has 2 N–H and O–H groups in total. The van der Waals surface area contributed by atoms with E-state index in [1.54, 1.807) is 12.0 Å². The van der Waals surface area contributed by atoms with Crippen LogP contribution in [-0.4, -0.2) is 42.1 Å². The molecule has 5 heteroatoms. The Bertz CT molecular complexity index is 399. The molecule has 1 heterocycles.